The van der Waals surface area contributed by atoms with E-state index in [9.17, 15) is 0 Å². The van der Waals surface area contributed by atoms with Crippen molar-refractivity contribution >= 4 is 45.9 Å². The monoisotopic (exact) mass is 467 g/mol. The van der Waals surface area contributed by atoms with Crippen molar-refractivity contribution in [2.24, 2.45) is 0 Å². The molecule has 0 spiro atoms. The molecule has 3 nitrogen and oxygen atoms in total. The number of rotatable bonds is 2. The van der Waals surface area contributed by atoms with Gasteiger partial charge >= 0.3 is 0 Å². The van der Waals surface area contributed by atoms with E-state index in [-0.39, 0.29) is 6.71 Å². The zero-order chi connectivity index (χ0) is 24.6. The standard InChI is InChI=1S/C32H30BN3/c1-21-18-22(2)31(23(3)19-21)33-26-12-8-9-13-28(26)36(24-10-6-5-7-11-24)29-15-14-27-25(32(29)33)20-30-34(4)16-17-35(27)30/h5-19,30H,20H2,1-4H3. The average Bonchev–Trinajstić information content (AvgIpc) is 3.43. The maximum absolute atomic E-state index is 2.48. The summed E-state index contributed by atoms with van der Waals surface area (Å²) in [4.78, 5) is 7.27. The van der Waals surface area contributed by atoms with Gasteiger partial charge in [0.25, 0.3) is 0 Å². The molecule has 0 saturated carbocycles. The summed E-state index contributed by atoms with van der Waals surface area (Å²) in [5.74, 6) is 0. The van der Waals surface area contributed by atoms with Crippen molar-refractivity contribution in [3.05, 3.63) is 114 Å². The quantitative estimate of drug-likeness (QED) is 0.338. The summed E-state index contributed by atoms with van der Waals surface area (Å²) in [6.45, 7) is 6.98. The van der Waals surface area contributed by atoms with Gasteiger partial charge in [-0.15, -0.1) is 0 Å². The summed E-state index contributed by atoms with van der Waals surface area (Å²) in [5, 5.41) is 0. The molecule has 0 aliphatic carbocycles. The van der Waals surface area contributed by atoms with Gasteiger partial charge in [-0.25, -0.2) is 0 Å². The van der Waals surface area contributed by atoms with Crippen LogP contribution in [-0.4, -0.2) is 24.8 Å². The van der Waals surface area contributed by atoms with Gasteiger partial charge in [-0.3, -0.25) is 0 Å². The summed E-state index contributed by atoms with van der Waals surface area (Å²) in [5.41, 5.74) is 15.0. The third kappa shape index (κ3) is 2.94. The van der Waals surface area contributed by atoms with Gasteiger partial charge in [0, 0.05) is 48.6 Å². The fourth-order valence-corrected chi connectivity index (χ4v) is 6.87. The molecule has 4 aromatic carbocycles. The van der Waals surface area contributed by atoms with Crippen LogP contribution in [-0.2, 0) is 6.42 Å². The van der Waals surface area contributed by atoms with Crippen LogP contribution in [0.15, 0.2) is 91.3 Å². The predicted molar refractivity (Wildman–Crippen MR) is 153 cm³/mol. The van der Waals surface area contributed by atoms with Gasteiger partial charge in [-0.2, -0.15) is 0 Å². The Kier molecular flexibility index (Phi) is 4.63. The van der Waals surface area contributed by atoms with Crippen LogP contribution in [0, 0.1) is 20.8 Å². The molecular weight excluding hydrogens is 437 g/mol. The minimum absolute atomic E-state index is 0.195. The Bertz CT molecular complexity index is 1520. The van der Waals surface area contributed by atoms with E-state index in [4.69, 9.17) is 0 Å². The molecule has 1 unspecified atom stereocenters. The van der Waals surface area contributed by atoms with Crippen LogP contribution in [0.1, 0.15) is 22.3 Å². The molecule has 0 N–H and O–H groups in total. The maximum atomic E-state index is 2.48. The van der Waals surface area contributed by atoms with Crippen molar-refractivity contribution in [2.45, 2.75) is 33.4 Å². The Morgan fingerprint density at radius 2 is 1.42 bits per heavy atom. The lowest BCUT2D eigenvalue weighted by molar-refractivity contribution is 0.369. The molecule has 7 rings (SSSR count). The fourth-order valence-electron chi connectivity index (χ4n) is 6.87. The van der Waals surface area contributed by atoms with E-state index < -0.39 is 0 Å². The Hall–Kier alpha value is -3.92. The topological polar surface area (TPSA) is 9.72 Å². The highest BCUT2D eigenvalue weighted by molar-refractivity contribution is 6.98. The van der Waals surface area contributed by atoms with Gasteiger partial charge in [0.15, 0.2) is 0 Å². The number of likely N-dealkylation sites (N-methyl/N-ethyl adjacent to an activating group) is 1. The summed E-state index contributed by atoms with van der Waals surface area (Å²) in [6.07, 6.45) is 5.82. The molecule has 36 heavy (non-hydrogen) atoms. The number of anilines is 4. The van der Waals surface area contributed by atoms with Crippen molar-refractivity contribution in [3.63, 3.8) is 0 Å². The van der Waals surface area contributed by atoms with E-state index in [0.717, 1.165) is 6.42 Å². The maximum Gasteiger partial charge on any atom is 0.247 e. The first-order chi connectivity index (χ1) is 17.5. The number of hydrogen-bond donors (Lipinski definition) is 0. The number of nitrogens with zero attached hydrogens (tertiary/aromatic N) is 3. The fraction of sp³-hybridized carbons (Fsp3) is 0.188. The van der Waals surface area contributed by atoms with Crippen molar-refractivity contribution in [1.29, 1.82) is 0 Å². The first-order valence-corrected chi connectivity index (χ1v) is 12.9. The molecule has 3 aliphatic heterocycles. The lowest BCUT2D eigenvalue weighted by atomic mass is 9.33. The zero-order valence-corrected chi connectivity index (χ0v) is 21.4. The number of benzene rings is 4. The molecule has 3 aliphatic rings. The van der Waals surface area contributed by atoms with Gasteiger partial charge in [0.1, 0.15) is 6.17 Å². The molecular formula is C32H30BN3. The second-order valence-corrected chi connectivity index (χ2v) is 10.5. The van der Waals surface area contributed by atoms with E-state index in [1.165, 1.54) is 61.4 Å². The Balaban J connectivity index is 1.56. The first kappa shape index (κ1) is 21.4. The lowest BCUT2D eigenvalue weighted by Gasteiger charge is -2.39. The minimum Gasteiger partial charge on any atom is -0.358 e. The minimum atomic E-state index is 0.195. The lowest BCUT2D eigenvalue weighted by Crippen LogP contribution is -2.59. The van der Waals surface area contributed by atoms with Crippen molar-refractivity contribution in [1.82, 2.24) is 4.90 Å². The summed E-state index contributed by atoms with van der Waals surface area (Å²) >= 11 is 0. The first-order valence-electron chi connectivity index (χ1n) is 12.9. The molecule has 0 amide bonds. The number of aryl methyl sites for hydroxylation is 3. The third-order valence-electron chi connectivity index (χ3n) is 8.29. The molecule has 0 radical (unpaired) electrons. The molecule has 0 fully saturated rings. The largest absolute Gasteiger partial charge is 0.358 e. The van der Waals surface area contributed by atoms with Crippen LogP contribution in [0.5, 0.6) is 0 Å². The molecule has 0 saturated heterocycles. The average molecular weight is 467 g/mol. The van der Waals surface area contributed by atoms with E-state index in [2.05, 4.69) is 134 Å². The second kappa shape index (κ2) is 7.79. The zero-order valence-electron chi connectivity index (χ0n) is 21.4. The van der Waals surface area contributed by atoms with Crippen LogP contribution in [0.4, 0.5) is 22.7 Å². The Morgan fingerprint density at radius 1 is 0.722 bits per heavy atom. The molecule has 1 atom stereocenters. The van der Waals surface area contributed by atoms with Crippen LogP contribution >= 0.6 is 0 Å². The smallest absolute Gasteiger partial charge is 0.247 e. The van der Waals surface area contributed by atoms with E-state index >= 15 is 0 Å². The van der Waals surface area contributed by atoms with E-state index in [1.807, 2.05) is 0 Å². The summed E-state index contributed by atoms with van der Waals surface area (Å²) < 4.78 is 0. The van der Waals surface area contributed by atoms with Crippen LogP contribution in [0.3, 0.4) is 0 Å². The highest BCUT2D eigenvalue weighted by Crippen LogP contribution is 2.42. The molecule has 4 heteroatoms. The molecule has 0 bridgehead atoms. The molecule has 3 heterocycles. The highest BCUT2D eigenvalue weighted by atomic mass is 15.4. The van der Waals surface area contributed by atoms with E-state index in [0.29, 0.717) is 6.17 Å². The van der Waals surface area contributed by atoms with Crippen LogP contribution < -0.4 is 26.2 Å². The summed E-state index contributed by atoms with van der Waals surface area (Å²) in [6, 6.07) is 29.3. The molecule has 0 aromatic heterocycles. The van der Waals surface area contributed by atoms with Crippen LogP contribution in [0.2, 0.25) is 0 Å². The number of hydrogen-bond acceptors (Lipinski definition) is 3. The summed E-state index contributed by atoms with van der Waals surface area (Å²) in [7, 11) is 2.19. The van der Waals surface area contributed by atoms with E-state index in [1.54, 1.807) is 0 Å². The third-order valence-corrected chi connectivity index (χ3v) is 8.29. The molecule has 4 aromatic rings. The molecule has 176 valence electrons. The highest BCUT2D eigenvalue weighted by Gasteiger charge is 2.43. The Labute approximate surface area is 214 Å². The van der Waals surface area contributed by atoms with Gasteiger partial charge in [-0.1, -0.05) is 70.7 Å². The van der Waals surface area contributed by atoms with Crippen molar-refractivity contribution < 1.29 is 0 Å². The van der Waals surface area contributed by atoms with Crippen LogP contribution in [0.25, 0.3) is 0 Å². The van der Waals surface area contributed by atoms with Gasteiger partial charge in [0.05, 0.1) is 0 Å². The van der Waals surface area contributed by atoms with Crippen molar-refractivity contribution in [3.8, 4) is 0 Å². The normalized spacial score (nSPS) is 17.3. The number of fused-ring (bicyclic) bond motifs is 6. The number of para-hydroxylation sites is 2. The van der Waals surface area contributed by atoms with Crippen molar-refractivity contribution in [2.75, 3.05) is 16.8 Å². The second-order valence-electron chi connectivity index (χ2n) is 10.5. The van der Waals surface area contributed by atoms with Gasteiger partial charge < -0.3 is 14.7 Å². The van der Waals surface area contributed by atoms with Gasteiger partial charge in [0.2, 0.25) is 6.71 Å². The predicted octanol–water partition coefficient (Wildman–Crippen LogP) is 5.02. The SMILES string of the molecule is Cc1cc(C)c(B2c3ccccc3N(c3ccccc3)c3ccc4c(c32)CC2N(C)C=CN42)c(C)c1. The Morgan fingerprint density at radius 3 is 2.19 bits per heavy atom. The van der Waals surface area contributed by atoms with Gasteiger partial charge in [-0.05, 0) is 67.6 Å².